The highest BCUT2D eigenvalue weighted by molar-refractivity contribution is 5.67. The van der Waals surface area contributed by atoms with Crippen LogP contribution in [0.1, 0.15) is 30.9 Å². The Kier molecular flexibility index (Phi) is 7.59. The molecular formula is C19H23N3O3. The van der Waals surface area contributed by atoms with E-state index in [1.165, 1.54) is 0 Å². The summed E-state index contributed by atoms with van der Waals surface area (Å²) in [5.41, 5.74) is 2.52. The van der Waals surface area contributed by atoms with Gasteiger partial charge in [-0.1, -0.05) is 43.7 Å². The number of carbonyl (C=O) groups is 1. The third-order valence-electron chi connectivity index (χ3n) is 3.45. The number of rotatable bonds is 8. The first kappa shape index (κ1) is 18.6. The van der Waals surface area contributed by atoms with E-state index < -0.39 is 6.09 Å². The Morgan fingerprint density at radius 1 is 1.32 bits per heavy atom. The molecule has 132 valence electrons. The van der Waals surface area contributed by atoms with E-state index in [4.69, 9.17) is 4.74 Å². The summed E-state index contributed by atoms with van der Waals surface area (Å²) in [4.78, 5) is 20.0. The van der Waals surface area contributed by atoms with Crippen molar-refractivity contribution < 1.29 is 14.6 Å². The molecule has 6 nitrogen and oxygen atoms in total. The summed E-state index contributed by atoms with van der Waals surface area (Å²) in [6.45, 7) is 2.85. The van der Waals surface area contributed by atoms with Crippen molar-refractivity contribution >= 4 is 12.2 Å². The molecule has 2 N–H and O–H groups in total. The molecule has 0 radical (unpaired) electrons. The third-order valence-corrected chi connectivity index (χ3v) is 3.45. The summed E-state index contributed by atoms with van der Waals surface area (Å²) in [7, 11) is 0. The van der Waals surface area contributed by atoms with Crippen molar-refractivity contribution in [3.63, 3.8) is 0 Å². The highest BCUT2D eigenvalue weighted by atomic mass is 16.5. The van der Waals surface area contributed by atoms with E-state index in [9.17, 15) is 9.90 Å². The Morgan fingerprint density at radius 2 is 2.12 bits per heavy atom. The minimum Gasteiger partial charge on any atom is -0.450 e. The maximum atomic E-state index is 11.4. The first-order chi connectivity index (χ1) is 12.2. The van der Waals surface area contributed by atoms with Crippen molar-refractivity contribution in [3.05, 3.63) is 53.9 Å². The smallest absolute Gasteiger partial charge is 0.407 e. The molecule has 0 fully saturated rings. The van der Waals surface area contributed by atoms with Crippen LogP contribution in [0.3, 0.4) is 0 Å². The molecule has 1 aromatic carbocycles. The van der Waals surface area contributed by atoms with Gasteiger partial charge >= 0.3 is 6.09 Å². The SMILES string of the molecule is CCCCOC(=O)NC/C=C/c1cnc(-c2cccc(CO)c2)nc1. The average Bonchev–Trinajstić information content (AvgIpc) is 2.66. The lowest BCUT2D eigenvalue weighted by Crippen LogP contribution is -2.24. The predicted molar refractivity (Wildman–Crippen MR) is 96.7 cm³/mol. The van der Waals surface area contributed by atoms with Gasteiger partial charge in [-0.15, -0.1) is 0 Å². The lowest BCUT2D eigenvalue weighted by atomic mass is 10.1. The molecular weight excluding hydrogens is 318 g/mol. The van der Waals surface area contributed by atoms with Crippen molar-refractivity contribution in [1.29, 1.82) is 0 Å². The molecule has 0 saturated heterocycles. The Bertz CT molecular complexity index is 699. The van der Waals surface area contributed by atoms with E-state index in [-0.39, 0.29) is 6.61 Å². The van der Waals surface area contributed by atoms with Crippen LogP contribution in [-0.2, 0) is 11.3 Å². The Balaban J connectivity index is 1.84. The minimum absolute atomic E-state index is 0.0114. The van der Waals surface area contributed by atoms with E-state index in [2.05, 4.69) is 15.3 Å². The molecule has 25 heavy (non-hydrogen) atoms. The summed E-state index contributed by atoms with van der Waals surface area (Å²) in [5.74, 6) is 0.602. The molecule has 1 amide bonds. The van der Waals surface area contributed by atoms with Gasteiger partial charge in [0.25, 0.3) is 0 Å². The van der Waals surface area contributed by atoms with Crippen LogP contribution in [0.5, 0.6) is 0 Å². The first-order valence-corrected chi connectivity index (χ1v) is 8.32. The number of aliphatic hydroxyl groups is 1. The van der Waals surface area contributed by atoms with Gasteiger partial charge in [0.15, 0.2) is 5.82 Å². The fourth-order valence-electron chi connectivity index (χ4n) is 2.08. The molecule has 2 aromatic rings. The number of benzene rings is 1. The summed E-state index contributed by atoms with van der Waals surface area (Å²) in [6.07, 6.45) is 8.52. The molecule has 2 rings (SSSR count). The van der Waals surface area contributed by atoms with Crippen LogP contribution in [0.2, 0.25) is 0 Å². The number of amides is 1. The number of carbonyl (C=O) groups excluding carboxylic acids is 1. The van der Waals surface area contributed by atoms with E-state index >= 15 is 0 Å². The number of nitrogens with one attached hydrogen (secondary N) is 1. The van der Waals surface area contributed by atoms with E-state index in [1.807, 2.05) is 43.3 Å². The minimum atomic E-state index is -0.409. The van der Waals surface area contributed by atoms with E-state index in [0.717, 1.165) is 29.5 Å². The van der Waals surface area contributed by atoms with Gasteiger partial charge in [-0.2, -0.15) is 0 Å². The van der Waals surface area contributed by atoms with Crippen LogP contribution in [-0.4, -0.2) is 34.3 Å². The summed E-state index contributed by atoms with van der Waals surface area (Å²) >= 11 is 0. The zero-order valence-electron chi connectivity index (χ0n) is 14.3. The molecule has 0 aliphatic rings. The van der Waals surface area contributed by atoms with Gasteiger partial charge in [-0.3, -0.25) is 0 Å². The topological polar surface area (TPSA) is 84.3 Å². The highest BCUT2D eigenvalue weighted by Crippen LogP contribution is 2.16. The molecule has 1 aromatic heterocycles. The number of ether oxygens (including phenoxy) is 1. The maximum Gasteiger partial charge on any atom is 0.407 e. The highest BCUT2D eigenvalue weighted by Gasteiger charge is 2.02. The third kappa shape index (κ3) is 6.35. The zero-order chi connectivity index (χ0) is 17.9. The number of aromatic nitrogens is 2. The second-order valence-electron chi connectivity index (χ2n) is 5.47. The largest absolute Gasteiger partial charge is 0.450 e. The van der Waals surface area contributed by atoms with Crippen LogP contribution in [0.15, 0.2) is 42.7 Å². The zero-order valence-corrected chi connectivity index (χ0v) is 14.3. The molecule has 6 heteroatoms. The van der Waals surface area contributed by atoms with Crippen LogP contribution in [0.4, 0.5) is 4.79 Å². The van der Waals surface area contributed by atoms with Gasteiger partial charge in [0.05, 0.1) is 13.2 Å². The fraction of sp³-hybridized carbons (Fsp3) is 0.316. The van der Waals surface area contributed by atoms with Crippen molar-refractivity contribution in [2.75, 3.05) is 13.2 Å². The fourth-order valence-corrected chi connectivity index (χ4v) is 2.08. The van der Waals surface area contributed by atoms with Gasteiger partial charge in [-0.25, -0.2) is 14.8 Å². The number of unbranched alkanes of at least 4 members (excludes halogenated alkanes) is 1. The summed E-state index contributed by atoms with van der Waals surface area (Å²) in [5, 5.41) is 11.8. The molecule has 1 heterocycles. The lowest BCUT2D eigenvalue weighted by molar-refractivity contribution is 0.145. The van der Waals surface area contributed by atoms with E-state index in [1.54, 1.807) is 12.4 Å². The Labute approximate surface area is 147 Å². The van der Waals surface area contributed by atoms with Crippen molar-refractivity contribution in [3.8, 4) is 11.4 Å². The number of nitrogens with zero attached hydrogens (tertiary/aromatic N) is 2. The van der Waals surface area contributed by atoms with Crippen molar-refractivity contribution in [2.45, 2.75) is 26.4 Å². The second kappa shape index (κ2) is 10.2. The summed E-state index contributed by atoms with van der Waals surface area (Å²) < 4.78 is 4.99. The summed E-state index contributed by atoms with van der Waals surface area (Å²) in [6, 6.07) is 7.47. The number of alkyl carbamates (subject to hydrolysis) is 1. The van der Waals surface area contributed by atoms with Gasteiger partial charge in [0, 0.05) is 30.1 Å². The van der Waals surface area contributed by atoms with Crippen LogP contribution in [0.25, 0.3) is 17.5 Å². The van der Waals surface area contributed by atoms with Crippen LogP contribution < -0.4 is 5.32 Å². The van der Waals surface area contributed by atoms with Crippen molar-refractivity contribution in [1.82, 2.24) is 15.3 Å². The van der Waals surface area contributed by atoms with Gasteiger partial charge < -0.3 is 15.2 Å². The quantitative estimate of drug-likeness (QED) is 0.721. The van der Waals surface area contributed by atoms with Gasteiger partial charge in [-0.05, 0) is 18.1 Å². The molecule has 0 saturated carbocycles. The van der Waals surface area contributed by atoms with Gasteiger partial charge in [0.1, 0.15) is 0 Å². The Morgan fingerprint density at radius 3 is 2.84 bits per heavy atom. The van der Waals surface area contributed by atoms with Crippen molar-refractivity contribution in [2.24, 2.45) is 0 Å². The van der Waals surface area contributed by atoms with E-state index in [0.29, 0.717) is 19.0 Å². The van der Waals surface area contributed by atoms with Gasteiger partial charge in [0.2, 0.25) is 0 Å². The normalized spacial score (nSPS) is 10.8. The number of hydrogen-bond donors (Lipinski definition) is 2. The van der Waals surface area contributed by atoms with Crippen LogP contribution in [0, 0.1) is 0 Å². The lowest BCUT2D eigenvalue weighted by Gasteiger charge is -2.04. The molecule has 0 unspecified atom stereocenters. The monoisotopic (exact) mass is 341 g/mol. The molecule has 0 atom stereocenters. The molecule has 0 bridgehead atoms. The molecule has 0 aliphatic heterocycles. The maximum absolute atomic E-state index is 11.4. The standard InChI is InChI=1S/C19H23N3O3/c1-2-3-10-25-19(24)20-9-5-7-16-12-21-18(22-13-16)17-8-4-6-15(11-17)14-23/h4-8,11-13,23H,2-3,9-10,14H2,1H3,(H,20,24)/b7-5+. The second-order valence-corrected chi connectivity index (χ2v) is 5.47. The molecule has 0 aliphatic carbocycles. The predicted octanol–water partition coefficient (Wildman–Crippen LogP) is 3.18. The number of aliphatic hydroxyl groups excluding tert-OH is 1. The average molecular weight is 341 g/mol. The Hall–Kier alpha value is -2.73. The van der Waals surface area contributed by atoms with Crippen LogP contribution >= 0.6 is 0 Å². The first-order valence-electron chi connectivity index (χ1n) is 8.32. The number of hydrogen-bond acceptors (Lipinski definition) is 5. The molecule has 0 spiro atoms.